The van der Waals surface area contributed by atoms with Crippen LogP contribution in [0.2, 0.25) is 0 Å². The molecule has 1 unspecified atom stereocenters. The van der Waals surface area contributed by atoms with Gasteiger partial charge >= 0.3 is 0 Å². The molecular weight excluding hydrogens is 302 g/mol. The number of aromatic nitrogens is 4. The van der Waals surface area contributed by atoms with Crippen molar-refractivity contribution in [2.45, 2.75) is 50.9 Å². The highest BCUT2D eigenvalue weighted by atomic mass is 16.2. The fourth-order valence-corrected chi connectivity index (χ4v) is 3.47. The number of H-pyrrole nitrogens is 1. The van der Waals surface area contributed by atoms with Crippen LogP contribution in [-0.2, 0) is 6.42 Å². The maximum atomic E-state index is 12.9. The van der Waals surface area contributed by atoms with E-state index in [0.717, 1.165) is 48.6 Å². The molecule has 1 aliphatic carbocycles. The first-order chi connectivity index (χ1) is 11.8. The predicted molar refractivity (Wildman–Crippen MR) is 89.9 cm³/mol. The van der Waals surface area contributed by atoms with Crippen molar-refractivity contribution in [3.05, 3.63) is 41.2 Å². The molecule has 6 heteroatoms. The van der Waals surface area contributed by atoms with Crippen molar-refractivity contribution in [3.8, 4) is 0 Å². The molecule has 3 heterocycles. The molecule has 2 aromatic rings. The number of aryl methyl sites for hydroxylation is 1. The lowest BCUT2D eigenvalue weighted by atomic mass is 9.96. The zero-order chi connectivity index (χ0) is 16.5. The van der Waals surface area contributed by atoms with Crippen molar-refractivity contribution in [2.24, 2.45) is 0 Å². The summed E-state index contributed by atoms with van der Waals surface area (Å²) in [6.45, 7) is 3.56. The molecule has 2 aromatic heterocycles. The van der Waals surface area contributed by atoms with Crippen LogP contribution in [0, 0.1) is 0 Å². The Kier molecular flexibility index (Phi) is 4.04. The standard InChI is InChI=1S/C18H23N5O/c1-2-12-10-19-8-7-15(12)18(24)23-9-3-4-14(11-23)17-20-16(21-22-17)13-5-6-13/h7-8,10,13-14H,2-6,9,11H2,1H3,(H,20,21,22). The van der Waals surface area contributed by atoms with Crippen molar-refractivity contribution < 1.29 is 4.79 Å². The SMILES string of the molecule is CCc1cnccc1C(=O)N1CCCC(c2n[nH]c(C3CC3)n2)C1. The number of nitrogens with one attached hydrogen (secondary N) is 1. The molecule has 4 rings (SSSR count). The molecule has 24 heavy (non-hydrogen) atoms. The molecular formula is C18H23N5O. The van der Waals surface area contributed by atoms with Crippen LogP contribution < -0.4 is 0 Å². The van der Waals surface area contributed by atoms with Crippen LogP contribution in [0.1, 0.15) is 72.0 Å². The fourth-order valence-electron chi connectivity index (χ4n) is 3.47. The van der Waals surface area contributed by atoms with E-state index >= 15 is 0 Å². The second-order valence-corrected chi connectivity index (χ2v) is 6.83. The largest absolute Gasteiger partial charge is 0.338 e. The van der Waals surface area contributed by atoms with E-state index in [1.54, 1.807) is 12.4 Å². The van der Waals surface area contributed by atoms with E-state index in [0.29, 0.717) is 12.5 Å². The molecule has 0 bridgehead atoms. The molecule has 1 saturated carbocycles. The van der Waals surface area contributed by atoms with Gasteiger partial charge in [-0.15, -0.1) is 0 Å². The first-order valence-electron chi connectivity index (χ1n) is 8.90. The van der Waals surface area contributed by atoms with Gasteiger partial charge in [0.2, 0.25) is 0 Å². The highest BCUT2D eigenvalue weighted by Crippen LogP contribution is 2.38. The molecule has 2 fully saturated rings. The first-order valence-corrected chi connectivity index (χ1v) is 8.90. The van der Waals surface area contributed by atoms with Crippen molar-refractivity contribution in [1.82, 2.24) is 25.1 Å². The summed E-state index contributed by atoms with van der Waals surface area (Å²) in [5, 5.41) is 7.50. The van der Waals surface area contributed by atoms with E-state index in [2.05, 4.69) is 27.1 Å². The Bertz CT molecular complexity index is 737. The van der Waals surface area contributed by atoms with Gasteiger partial charge in [0.15, 0.2) is 5.82 Å². The smallest absolute Gasteiger partial charge is 0.254 e. The summed E-state index contributed by atoms with van der Waals surface area (Å²) in [6.07, 6.45) is 8.78. The van der Waals surface area contributed by atoms with Crippen LogP contribution in [-0.4, -0.2) is 44.1 Å². The predicted octanol–water partition coefficient (Wildman–Crippen LogP) is 2.66. The Labute approximate surface area is 141 Å². The Hall–Kier alpha value is -2.24. The highest BCUT2D eigenvalue weighted by Gasteiger charge is 2.31. The van der Waals surface area contributed by atoms with E-state index in [4.69, 9.17) is 0 Å². The van der Waals surface area contributed by atoms with Crippen molar-refractivity contribution in [2.75, 3.05) is 13.1 Å². The summed E-state index contributed by atoms with van der Waals surface area (Å²) in [5.41, 5.74) is 1.79. The van der Waals surface area contributed by atoms with Crippen LogP contribution >= 0.6 is 0 Å². The summed E-state index contributed by atoms with van der Waals surface area (Å²) < 4.78 is 0. The molecule has 1 saturated heterocycles. The zero-order valence-corrected chi connectivity index (χ0v) is 14.0. The van der Waals surface area contributed by atoms with Crippen molar-refractivity contribution in [1.29, 1.82) is 0 Å². The van der Waals surface area contributed by atoms with Crippen LogP contribution in [0.25, 0.3) is 0 Å². The number of likely N-dealkylation sites (tertiary alicyclic amines) is 1. The number of carbonyl (C=O) groups excluding carboxylic acids is 1. The van der Waals surface area contributed by atoms with Gasteiger partial charge in [-0.25, -0.2) is 4.98 Å². The lowest BCUT2D eigenvalue weighted by molar-refractivity contribution is 0.0703. The molecule has 0 spiro atoms. The Morgan fingerprint density at radius 1 is 1.33 bits per heavy atom. The van der Waals surface area contributed by atoms with Gasteiger partial charge in [-0.2, -0.15) is 5.10 Å². The fraction of sp³-hybridized carbons (Fsp3) is 0.556. The van der Waals surface area contributed by atoms with Gasteiger partial charge in [-0.05, 0) is 43.7 Å². The van der Waals surface area contributed by atoms with Gasteiger partial charge in [0.1, 0.15) is 5.82 Å². The van der Waals surface area contributed by atoms with E-state index in [1.165, 1.54) is 12.8 Å². The number of hydrogen-bond acceptors (Lipinski definition) is 4. The van der Waals surface area contributed by atoms with Gasteiger partial charge < -0.3 is 4.90 Å². The Balaban J connectivity index is 1.50. The maximum Gasteiger partial charge on any atom is 0.254 e. The molecule has 0 aromatic carbocycles. The molecule has 1 amide bonds. The van der Waals surface area contributed by atoms with Gasteiger partial charge in [0, 0.05) is 42.9 Å². The molecule has 1 atom stereocenters. The number of hydrogen-bond donors (Lipinski definition) is 1. The maximum absolute atomic E-state index is 12.9. The number of carbonyl (C=O) groups is 1. The molecule has 126 valence electrons. The summed E-state index contributed by atoms with van der Waals surface area (Å²) >= 11 is 0. The van der Waals surface area contributed by atoms with Crippen LogP contribution in [0.5, 0.6) is 0 Å². The molecule has 1 N–H and O–H groups in total. The van der Waals surface area contributed by atoms with Crippen LogP contribution in [0.3, 0.4) is 0 Å². The molecule has 6 nitrogen and oxygen atoms in total. The van der Waals surface area contributed by atoms with Crippen LogP contribution in [0.15, 0.2) is 18.5 Å². The second-order valence-electron chi connectivity index (χ2n) is 6.83. The number of rotatable bonds is 4. The number of piperidine rings is 1. The van der Waals surface area contributed by atoms with E-state index in [9.17, 15) is 4.79 Å². The lowest BCUT2D eigenvalue weighted by Gasteiger charge is -2.32. The van der Waals surface area contributed by atoms with E-state index < -0.39 is 0 Å². The van der Waals surface area contributed by atoms with E-state index in [-0.39, 0.29) is 11.8 Å². The number of aromatic amines is 1. The minimum absolute atomic E-state index is 0.108. The van der Waals surface area contributed by atoms with Gasteiger partial charge in [-0.3, -0.25) is 14.9 Å². The Morgan fingerprint density at radius 2 is 2.21 bits per heavy atom. The number of pyridine rings is 1. The lowest BCUT2D eigenvalue weighted by Crippen LogP contribution is -2.39. The minimum atomic E-state index is 0.108. The zero-order valence-electron chi connectivity index (χ0n) is 14.0. The highest BCUT2D eigenvalue weighted by molar-refractivity contribution is 5.95. The Morgan fingerprint density at radius 3 is 3.00 bits per heavy atom. The third-order valence-corrected chi connectivity index (χ3v) is 5.07. The number of amides is 1. The van der Waals surface area contributed by atoms with Gasteiger partial charge in [-0.1, -0.05) is 6.92 Å². The third kappa shape index (κ3) is 2.92. The van der Waals surface area contributed by atoms with Crippen molar-refractivity contribution in [3.63, 3.8) is 0 Å². The monoisotopic (exact) mass is 325 g/mol. The summed E-state index contributed by atoms with van der Waals surface area (Å²) in [5.74, 6) is 2.82. The third-order valence-electron chi connectivity index (χ3n) is 5.07. The normalized spacial score (nSPS) is 21.0. The second kappa shape index (κ2) is 6.34. The summed E-state index contributed by atoms with van der Waals surface area (Å²) in [6, 6.07) is 1.84. The summed E-state index contributed by atoms with van der Waals surface area (Å²) in [7, 11) is 0. The average Bonchev–Trinajstić information content (AvgIpc) is 3.38. The average molecular weight is 325 g/mol. The van der Waals surface area contributed by atoms with Gasteiger partial charge in [0.25, 0.3) is 5.91 Å². The van der Waals surface area contributed by atoms with Crippen LogP contribution in [0.4, 0.5) is 0 Å². The van der Waals surface area contributed by atoms with E-state index in [1.807, 2.05) is 11.0 Å². The quantitative estimate of drug-likeness (QED) is 0.938. The van der Waals surface area contributed by atoms with Crippen molar-refractivity contribution >= 4 is 5.91 Å². The summed E-state index contributed by atoms with van der Waals surface area (Å²) in [4.78, 5) is 23.7. The number of nitrogens with zero attached hydrogens (tertiary/aromatic N) is 4. The molecule has 0 radical (unpaired) electrons. The molecule has 2 aliphatic rings. The topological polar surface area (TPSA) is 74.8 Å². The first kappa shape index (κ1) is 15.3. The van der Waals surface area contributed by atoms with Gasteiger partial charge in [0.05, 0.1) is 0 Å². The minimum Gasteiger partial charge on any atom is -0.338 e. The molecule has 1 aliphatic heterocycles.